The second-order valence-electron chi connectivity index (χ2n) is 8.50. The number of aromatic nitrogens is 1. The lowest BCUT2D eigenvalue weighted by Crippen LogP contribution is -2.24. The number of allylic oxidation sites excluding steroid dienone is 3. The lowest BCUT2D eigenvalue weighted by Gasteiger charge is -2.15. The van der Waals surface area contributed by atoms with Crippen LogP contribution in [0.4, 0.5) is 0 Å². The fourth-order valence-electron chi connectivity index (χ4n) is 3.99. The van der Waals surface area contributed by atoms with E-state index in [-0.39, 0.29) is 12.0 Å². The Morgan fingerprint density at radius 3 is 2.64 bits per heavy atom. The predicted octanol–water partition coefficient (Wildman–Crippen LogP) is 6.17. The number of hydrogen-bond acceptors (Lipinski definition) is 3. The minimum absolute atomic E-state index is 0.0503. The van der Waals surface area contributed by atoms with Gasteiger partial charge >= 0.3 is 0 Å². The number of unbranched alkanes of at least 4 members (excludes halogenated alkanes) is 1. The Balaban J connectivity index is 1.83. The van der Waals surface area contributed by atoms with E-state index in [9.17, 15) is 4.79 Å². The van der Waals surface area contributed by atoms with Crippen LogP contribution >= 0.6 is 0 Å². The zero-order valence-electron chi connectivity index (χ0n) is 19.5. The summed E-state index contributed by atoms with van der Waals surface area (Å²) in [5.41, 5.74) is 6.47. The fraction of sp³-hybridized carbons (Fsp3) is 0.250. The molecule has 0 saturated heterocycles. The molecule has 0 radical (unpaired) electrons. The molecule has 2 heterocycles. The van der Waals surface area contributed by atoms with Crippen LogP contribution in [-0.2, 0) is 0 Å². The Morgan fingerprint density at radius 2 is 1.94 bits per heavy atom. The largest absolute Gasteiger partial charge is 0.491 e. The smallest absolute Gasteiger partial charge is 0.251 e. The van der Waals surface area contributed by atoms with Crippen molar-refractivity contribution in [1.29, 1.82) is 0 Å². The van der Waals surface area contributed by atoms with E-state index < -0.39 is 0 Å². The van der Waals surface area contributed by atoms with Gasteiger partial charge in [0.2, 0.25) is 0 Å². The van der Waals surface area contributed by atoms with Gasteiger partial charge in [-0.05, 0) is 68.3 Å². The van der Waals surface area contributed by atoms with Crippen molar-refractivity contribution in [3.8, 4) is 16.9 Å². The van der Waals surface area contributed by atoms with Crippen LogP contribution in [0.25, 0.3) is 27.6 Å². The van der Waals surface area contributed by atoms with Gasteiger partial charge in [0.1, 0.15) is 5.75 Å². The molecule has 2 aromatic carbocycles. The van der Waals surface area contributed by atoms with Gasteiger partial charge in [-0.25, -0.2) is 0 Å². The number of ether oxygens (including phenoxy) is 1. The molecule has 1 amide bonds. The van der Waals surface area contributed by atoms with Crippen molar-refractivity contribution in [2.45, 2.75) is 39.7 Å². The number of dihydropyridines is 1. The SMILES string of the molecule is C=C1NC=CC=C1c1[nH]c2ccc(C(=O)NCCCC)cc2c1-c1ccc(OC(C)C)cc1. The predicted molar refractivity (Wildman–Crippen MR) is 136 cm³/mol. The van der Waals surface area contributed by atoms with Gasteiger partial charge in [0.25, 0.3) is 5.91 Å². The summed E-state index contributed by atoms with van der Waals surface area (Å²) in [5, 5.41) is 7.21. The molecule has 5 heteroatoms. The van der Waals surface area contributed by atoms with Gasteiger partial charge in [0.15, 0.2) is 0 Å². The van der Waals surface area contributed by atoms with E-state index in [4.69, 9.17) is 4.74 Å². The van der Waals surface area contributed by atoms with Crippen molar-refractivity contribution in [3.05, 3.63) is 84.3 Å². The van der Waals surface area contributed by atoms with E-state index in [1.54, 1.807) is 0 Å². The number of rotatable bonds is 8. The van der Waals surface area contributed by atoms with Crippen LogP contribution in [0.2, 0.25) is 0 Å². The summed E-state index contributed by atoms with van der Waals surface area (Å²) < 4.78 is 5.83. The number of nitrogens with one attached hydrogen (secondary N) is 3. The van der Waals surface area contributed by atoms with Crippen molar-refractivity contribution < 1.29 is 9.53 Å². The molecule has 1 aliphatic rings. The second-order valence-corrected chi connectivity index (χ2v) is 8.50. The summed E-state index contributed by atoms with van der Waals surface area (Å²) in [7, 11) is 0. The van der Waals surface area contributed by atoms with Crippen LogP contribution in [-0.4, -0.2) is 23.5 Å². The summed E-state index contributed by atoms with van der Waals surface area (Å²) >= 11 is 0. The molecular weight excluding hydrogens is 410 g/mol. The van der Waals surface area contributed by atoms with E-state index >= 15 is 0 Å². The number of carbonyl (C=O) groups excluding carboxylic acids is 1. The van der Waals surface area contributed by atoms with Gasteiger partial charge < -0.3 is 20.4 Å². The van der Waals surface area contributed by atoms with E-state index in [1.807, 2.05) is 62.5 Å². The third kappa shape index (κ3) is 4.87. The van der Waals surface area contributed by atoms with Crippen LogP contribution in [0.5, 0.6) is 5.75 Å². The van der Waals surface area contributed by atoms with Gasteiger partial charge in [0, 0.05) is 46.0 Å². The van der Waals surface area contributed by atoms with Gasteiger partial charge in [-0.3, -0.25) is 4.79 Å². The highest BCUT2D eigenvalue weighted by atomic mass is 16.5. The highest BCUT2D eigenvalue weighted by molar-refractivity contribution is 6.07. The van der Waals surface area contributed by atoms with Gasteiger partial charge in [0.05, 0.1) is 11.8 Å². The molecule has 0 spiro atoms. The zero-order chi connectivity index (χ0) is 23.4. The number of hydrogen-bond donors (Lipinski definition) is 3. The van der Waals surface area contributed by atoms with Crippen LogP contribution in [0, 0.1) is 0 Å². The first-order chi connectivity index (χ1) is 16.0. The monoisotopic (exact) mass is 441 g/mol. The normalized spacial score (nSPS) is 13.2. The molecule has 1 aromatic heterocycles. The molecule has 170 valence electrons. The lowest BCUT2D eigenvalue weighted by molar-refractivity contribution is 0.0953. The van der Waals surface area contributed by atoms with E-state index in [2.05, 4.69) is 41.3 Å². The molecule has 0 atom stereocenters. The highest BCUT2D eigenvalue weighted by Crippen LogP contribution is 2.39. The number of benzene rings is 2. The molecule has 0 fully saturated rings. The molecule has 3 aromatic rings. The quantitative estimate of drug-likeness (QED) is 0.367. The Bertz CT molecular complexity index is 1230. The van der Waals surface area contributed by atoms with Crippen molar-refractivity contribution in [2.24, 2.45) is 0 Å². The molecule has 1 aliphatic heterocycles. The average molecular weight is 442 g/mol. The Morgan fingerprint density at radius 1 is 1.15 bits per heavy atom. The Labute approximate surface area is 195 Å². The summed E-state index contributed by atoms with van der Waals surface area (Å²) in [6, 6.07) is 13.9. The van der Waals surface area contributed by atoms with Crippen molar-refractivity contribution in [2.75, 3.05) is 6.54 Å². The minimum Gasteiger partial charge on any atom is -0.491 e. The molecule has 4 rings (SSSR count). The number of carbonyl (C=O) groups is 1. The summed E-state index contributed by atoms with van der Waals surface area (Å²) in [4.78, 5) is 16.3. The first-order valence-corrected chi connectivity index (χ1v) is 11.5. The lowest BCUT2D eigenvalue weighted by atomic mass is 9.95. The summed E-state index contributed by atoms with van der Waals surface area (Å²) in [6.07, 6.45) is 8.00. The minimum atomic E-state index is -0.0503. The van der Waals surface area contributed by atoms with Gasteiger partial charge in [-0.15, -0.1) is 0 Å². The summed E-state index contributed by atoms with van der Waals surface area (Å²) in [6.45, 7) is 11.0. The second kappa shape index (κ2) is 9.82. The maximum Gasteiger partial charge on any atom is 0.251 e. The van der Waals surface area contributed by atoms with Crippen molar-refractivity contribution in [3.63, 3.8) is 0 Å². The molecule has 0 bridgehead atoms. The van der Waals surface area contributed by atoms with Crippen LogP contribution in [0.15, 0.2) is 73.1 Å². The van der Waals surface area contributed by atoms with Gasteiger partial charge in [-0.2, -0.15) is 0 Å². The number of H-pyrrole nitrogens is 1. The molecule has 0 unspecified atom stereocenters. The first kappa shape index (κ1) is 22.5. The third-order valence-corrected chi connectivity index (χ3v) is 5.60. The molecular formula is C28H31N3O2. The van der Waals surface area contributed by atoms with Crippen molar-refractivity contribution in [1.82, 2.24) is 15.6 Å². The third-order valence-electron chi connectivity index (χ3n) is 5.60. The van der Waals surface area contributed by atoms with Crippen molar-refractivity contribution >= 4 is 22.4 Å². The molecule has 3 N–H and O–H groups in total. The molecule has 0 saturated carbocycles. The number of fused-ring (bicyclic) bond motifs is 1. The first-order valence-electron chi connectivity index (χ1n) is 11.5. The zero-order valence-corrected chi connectivity index (χ0v) is 19.5. The summed E-state index contributed by atoms with van der Waals surface area (Å²) in [5.74, 6) is 0.780. The Hall–Kier alpha value is -3.73. The molecule has 5 nitrogen and oxygen atoms in total. The standard InChI is InChI=1S/C28H31N3O2/c1-5-6-15-30-28(32)21-11-14-25-24(17-21)26(20-9-12-22(13-10-20)33-18(2)3)27(31-25)23-8-7-16-29-19(23)4/h7-14,16-18,29,31H,4-6,15H2,1-3H3,(H,30,32). The molecule has 33 heavy (non-hydrogen) atoms. The fourth-order valence-corrected chi connectivity index (χ4v) is 3.99. The van der Waals surface area contributed by atoms with E-state index in [0.717, 1.165) is 57.6 Å². The van der Waals surface area contributed by atoms with Gasteiger partial charge in [-0.1, -0.05) is 32.1 Å². The highest BCUT2D eigenvalue weighted by Gasteiger charge is 2.20. The average Bonchev–Trinajstić information content (AvgIpc) is 3.18. The molecule has 0 aliphatic carbocycles. The van der Waals surface area contributed by atoms with E-state index in [1.165, 1.54) is 0 Å². The number of amides is 1. The topological polar surface area (TPSA) is 66.2 Å². The van der Waals surface area contributed by atoms with Crippen LogP contribution in [0.3, 0.4) is 0 Å². The maximum atomic E-state index is 12.7. The van der Waals surface area contributed by atoms with E-state index in [0.29, 0.717) is 12.1 Å². The Kier molecular flexibility index (Phi) is 6.68. The maximum absolute atomic E-state index is 12.7. The number of aromatic amines is 1. The van der Waals surface area contributed by atoms with Crippen LogP contribution < -0.4 is 15.4 Å². The van der Waals surface area contributed by atoms with Crippen LogP contribution in [0.1, 0.15) is 49.7 Å².